The van der Waals surface area contributed by atoms with E-state index in [1.807, 2.05) is 49.0 Å². The number of esters is 1. The summed E-state index contributed by atoms with van der Waals surface area (Å²) >= 11 is 0. The Morgan fingerprint density at radius 1 is 1.00 bits per heavy atom. The zero-order valence-electron chi connectivity index (χ0n) is 24.8. The largest absolute Gasteiger partial charge is 0.493 e. The Labute approximate surface area is 246 Å². The Bertz CT molecular complexity index is 1810. The van der Waals surface area contributed by atoms with E-state index in [9.17, 15) is 4.79 Å². The molecule has 0 atom stereocenters. The summed E-state index contributed by atoms with van der Waals surface area (Å²) in [7, 11) is 1.97. The van der Waals surface area contributed by atoms with E-state index in [-0.39, 0.29) is 5.97 Å². The topological polar surface area (TPSA) is 67.5 Å². The van der Waals surface area contributed by atoms with Gasteiger partial charge in [0.25, 0.3) is 0 Å². The van der Waals surface area contributed by atoms with Gasteiger partial charge in [-0.1, -0.05) is 60.7 Å². The maximum atomic E-state index is 13.6. The van der Waals surface area contributed by atoms with Crippen LogP contribution in [0.2, 0.25) is 0 Å². The molecule has 1 aliphatic rings. The number of ether oxygens (including phenoxy) is 3. The molecule has 0 spiro atoms. The second kappa shape index (κ2) is 11.9. The highest BCUT2D eigenvalue weighted by Crippen LogP contribution is 2.40. The molecule has 5 aromatic rings. The number of hydrogen-bond acceptors (Lipinski definition) is 5. The molecule has 0 unspecified atom stereocenters. The zero-order chi connectivity index (χ0) is 29.2. The molecule has 2 aromatic heterocycles. The molecule has 0 radical (unpaired) electrons. The van der Waals surface area contributed by atoms with E-state index in [1.54, 1.807) is 0 Å². The molecular formula is C35H37N3O4. The molecule has 42 heavy (non-hydrogen) atoms. The van der Waals surface area contributed by atoms with Crippen molar-refractivity contribution in [1.82, 2.24) is 14.3 Å². The van der Waals surface area contributed by atoms with Crippen LogP contribution in [0.3, 0.4) is 0 Å². The molecule has 0 aliphatic carbocycles. The monoisotopic (exact) mass is 563 g/mol. The lowest BCUT2D eigenvalue weighted by atomic mass is 9.94. The SMILES string of the molecule is CCOC(=O)c1c(CCCOc2cccc3ccccc23)c2ccc(C)c3c2n1C/C=C\COCc1nn(C)c(C)c1-3. The van der Waals surface area contributed by atoms with Gasteiger partial charge < -0.3 is 18.8 Å². The van der Waals surface area contributed by atoms with Crippen LogP contribution in [-0.4, -0.2) is 40.1 Å². The van der Waals surface area contributed by atoms with Crippen LogP contribution in [0.15, 0.2) is 66.7 Å². The Balaban J connectivity index is 1.46. The lowest BCUT2D eigenvalue weighted by Gasteiger charge is -2.14. The van der Waals surface area contributed by atoms with Crippen LogP contribution >= 0.6 is 0 Å². The van der Waals surface area contributed by atoms with Gasteiger partial charge in [-0.05, 0) is 56.2 Å². The second-order valence-corrected chi connectivity index (χ2v) is 10.8. The van der Waals surface area contributed by atoms with E-state index in [2.05, 4.69) is 54.8 Å². The number of rotatable bonds is 7. The Morgan fingerprint density at radius 3 is 2.69 bits per heavy atom. The molecule has 0 N–H and O–H groups in total. The molecule has 0 fully saturated rings. The lowest BCUT2D eigenvalue weighted by molar-refractivity contribution is 0.0513. The first-order chi connectivity index (χ1) is 20.5. The van der Waals surface area contributed by atoms with Crippen LogP contribution in [0, 0.1) is 13.8 Å². The third-order valence-electron chi connectivity index (χ3n) is 8.15. The fraction of sp³-hybridized carbons (Fsp3) is 0.314. The van der Waals surface area contributed by atoms with Crippen LogP contribution < -0.4 is 4.74 Å². The Kier molecular flexibility index (Phi) is 7.85. The van der Waals surface area contributed by atoms with Gasteiger partial charge in [-0.3, -0.25) is 4.68 Å². The van der Waals surface area contributed by atoms with Gasteiger partial charge in [0.15, 0.2) is 0 Å². The smallest absolute Gasteiger partial charge is 0.355 e. The number of carbonyl (C=O) groups is 1. The minimum absolute atomic E-state index is 0.301. The summed E-state index contributed by atoms with van der Waals surface area (Å²) in [5, 5.41) is 8.13. The highest BCUT2D eigenvalue weighted by atomic mass is 16.5. The van der Waals surface area contributed by atoms with Crippen molar-refractivity contribution in [2.24, 2.45) is 7.05 Å². The number of nitrogens with zero attached hydrogens (tertiary/aromatic N) is 3. The Hall–Kier alpha value is -4.36. The maximum Gasteiger partial charge on any atom is 0.355 e. The number of aromatic nitrogens is 3. The first-order valence-electron chi connectivity index (χ1n) is 14.7. The van der Waals surface area contributed by atoms with E-state index in [1.165, 1.54) is 0 Å². The fourth-order valence-corrected chi connectivity index (χ4v) is 6.13. The van der Waals surface area contributed by atoms with Gasteiger partial charge >= 0.3 is 5.97 Å². The van der Waals surface area contributed by atoms with Crippen LogP contribution in [0.25, 0.3) is 32.8 Å². The van der Waals surface area contributed by atoms with E-state index >= 15 is 0 Å². The van der Waals surface area contributed by atoms with Crippen LogP contribution in [-0.2, 0) is 36.1 Å². The zero-order valence-corrected chi connectivity index (χ0v) is 24.8. The summed E-state index contributed by atoms with van der Waals surface area (Å²) in [4.78, 5) is 13.6. The molecule has 6 rings (SSSR count). The van der Waals surface area contributed by atoms with Gasteiger partial charge in [0.05, 0.1) is 37.6 Å². The van der Waals surface area contributed by atoms with Crippen molar-refractivity contribution in [2.75, 3.05) is 19.8 Å². The predicted octanol–water partition coefficient (Wildman–Crippen LogP) is 7.09. The van der Waals surface area contributed by atoms with Crippen molar-refractivity contribution >= 4 is 27.6 Å². The van der Waals surface area contributed by atoms with Gasteiger partial charge in [-0.25, -0.2) is 4.79 Å². The number of benzene rings is 3. The molecule has 7 nitrogen and oxygen atoms in total. The molecule has 3 heterocycles. The summed E-state index contributed by atoms with van der Waals surface area (Å²) in [6.07, 6.45) is 5.50. The predicted molar refractivity (Wildman–Crippen MR) is 166 cm³/mol. The lowest BCUT2D eigenvalue weighted by Crippen LogP contribution is -2.14. The van der Waals surface area contributed by atoms with Crippen molar-refractivity contribution in [3.05, 3.63) is 95.0 Å². The van der Waals surface area contributed by atoms with Crippen molar-refractivity contribution in [2.45, 2.75) is 46.8 Å². The third-order valence-corrected chi connectivity index (χ3v) is 8.15. The molecule has 0 saturated heterocycles. The number of carbonyl (C=O) groups excluding carboxylic acids is 1. The van der Waals surface area contributed by atoms with E-state index in [0.29, 0.717) is 45.1 Å². The normalized spacial score (nSPS) is 14.0. The Morgan fingerprint density at radius 2 is 1.83 bits per heavy atom. The van der Waals surface area contributed by atoms with Gasteiger partial charge in [-0.15, -0.1) is 0 Å². The van der Waals surface area contributed by atoms with Crippen molar-refractivity contribution < 1.29 is 19.0 Å². The standard InChI is InChI=1S/C35H37N3O4/c1-5-41-35(39)34-27(15-11-21-42-30-16-10-13-25-12-6-7-14-26(25)30)28-18-17-23(2)31-32-24(3)37(4)36-29(32)22-40-20-9-8-19-38(34)33(28)31/h6-10,12-14,16-18H,5,11,15,19-22H2,1-4H3/b9-8-. The molecule has 1 aliphatic heterocycles. The quantitative estimate of drug-likeness (QED) is 0.120. The first-order valence-corrected chi connectivity index (χ1v) is 14.7. The number of allylic oxidation sites excluding steroid dienone is 1. The summed E-state index contributed by atoms with van der Waals surface area (Å²) in [5.74, 6) is 0.574. The molecule has 7 heteroatoms. The molecule has 3 aromatic carbocycles. The minimum atomic E-state index is -0.301. The molecular weight excluding hydrogens is 526 g/mol. The minimum Gasteiger partial charge on any atom is -0.493 e. The van der Waals surface area contributed by atoms with Crippen molar-refractivity contribution in [3.8, 4) is 16.9 Å². The third kappa shape index (κ3) is 4.98. The number of aryl methyl sites for hydroxylation is 3. The molecule has 216 valence electrons. The van der Waals surface area contributed by atoms with Crippen LogP contribution in [0.5, 0.6) is 5.75 Å². The molecule has 0 bridgehead atoms. The number of fused-ring (bicyclic) bond motifs is 3. The van der Waals surface area contributed by atoms with Gasteiger partial charge in [-0.2, -0.15) is 5.10 Å². The summed E-state index contributed by atoms with van der Waals surface area (Å²) in [6.45, 7) is 8.33. The van der Waals surface area contributed by atoms with Gasteiger partial charge in [0, 0.05) is 41.2 Å². The highest BCUT2D eigenvalue weighted by molar-refractivity contribution is 6.05. The first kappa shape index (κ1) is 27.8. The van der Waals surface area contributed by atoms with E-state index < -0.39 is 0 Å². The van der Waals surface area contributed by atoms with E-state index in [0.717, 1.165) is 67.5 Å². The number of hydrogen-bond donors (Lipinski definition) is 0. The molecule has 0 amide bonds. The average Bonchev–Trinajstić information content (AvgIpc) is 3.44. The van der Waals surface area contributed by atoms with E-state index in [4.69, 9.17) is 19.3 Å². The average molecular weight is 564 g/mol. The van der Waals surface area contributed by atoms with Crippen LogP contribution in [0.1, 0.15) is 46.3 Å². The van der Waals surface area contributed by atoms with Crippen LogP contribution in [0.4, 0.5) is 0 Å². The van der Waals surface area contributed by atoms with Crippen molar-refractivity contribution in [3.63, 3.8) is 0 Å². The second-order valence-electron chi connectivity index (χ2n) is 10.8. The van der Waals surface area contributed by atoms with Crippen molar-refractivity contribution in [1.29, 1.82) is 0 Å². The summed E-state index contributed by atoms with van der Waals surface area (Å²) < 4.78 is 21.9. The molecule has 0 saturated carbocycles. The fourth-order valence-electron chi connectivity index (χ4n) is 6.13. The summed E-state index contributed by atoms with van der Waals surface area (Å²) in [6, 6.07) is 18.7. The van der Waals surface area contributed by atoms with Gasteiger partial charge in [0.2, 0.25) is 0 Å². The highest BCUT2D eigenvalue weighted by Gasteiger charge is 2.28. The summed E-state index contributed by atoms with van der Waals surface area (Å²) in [5.41, 5.74) is 7.89. The van der Waals surface area contributed by atoms with Gasteiger partial charge in [0.1, 0.15) is 11.4 Å². The maximum absolute atomic E-state index is 13.6.